The molecule has 4 nitrogen and oxygen atoms in total. The van der Waals surface area contributed by atoms with Crippen molar-refractivity contribution in [2.75, 3.05) is 19.8 Å². The molecule has 0 spiro atoms. The van der Waals surface area contributed by atoms with E-state index in [-0.39, 0.29) is 18.2 Å². The van der Waals surface area contributed by atoms with Gasteiger partial charge in [0, 0.05) is 18.7 Å². The highest BCUT2D eigenvalue weighted by Gasteiger charge is 2.16. The van der Waals surface area contributed by atoms with Gasteiger partial charge in [-0.25, -0.2) is 0 Å². The van der Waals surface area contributed by atoms with E-state index < -0.39 is 0 Å². The molecule has 2 rings (SSSR count). The van der Waals surface area contributed by atoms with Gasteiger partial charge in [0.25, 0.3) is 0 Å². The van der Waals surface area contributed by atoms with Crippen LogP contribution in [0.1, 0.15) is 32.3 Å². The molecule has 0 saturated carbocycles. The molecular formula is C16H25NO3. The first-order valence-corrected chi connectivity index (χ1v) is 7.28. The molecule has 1 heterocycles. The van der Waals surface area contributed by atoms with E-state index in [9.17, 15) is 5.11 Å². The number of aliphatic hydroxyl groups is 1. The number of aliphatic hydroxyl groups excluding tert-OH is 1. The number of ether oxygens (including phenoxy) is 2. The Kier molecular flexibility index (Phi) is 5.40. The van der Waals surface area contributed by atoms with Gasteiger partial charge in [0.05, 0.1) is 12.7 Å². The average molecular weight is 279 g/mol. The van der Waals surface area contributed by atoms with E-state index in [0.29, 0.717) is 6.61 Å². The Labute approximate surface area is 121 Å². The maximum Gasteiger partial charge on any atom is 0.119 e. The van der Waals surface area contributed by atoms with E-state index >= 15 is 0 Å². The Bertz CT molecular complexity index is 397. The lowest BCUT2D eigenvalue weighted by Gasteiger charge is -2.23. The molecule has 4 heteroatoms. The Morgan fingerprint density at radius 3 is 2.70 bits per heavy atom. The summed E-state index contributed by atoms with van der Waals surface area (Å²) in [5.41, 5.74) is 0.922. The highest BCUT2D eigenvalue weighted by molar-refractivity contribution is 5.27. The molecule has 1 aromatic rings. The van der Waals surface area contributed by atoms with Crippen molar-refractivity contribution in [3.8, 4) is 5.75 Å². The molecule has 20 heavy (non-hydrogen) atoms. The summed E-state index contributed by atoms with van der Waals surface area (Å²) < 4.78 is 11.3. The zero-order chi connectivity index (χ0) is 14.4. The van der Waals surface area contributed by atoms with Gasteiger partial charge in [-0.3, -0.25) is 0 Å². The van der Waals surface area contributed by atoms with Crippen LogP contribution in [0.3, 0.4) is 0 Å². The molecule has 1 atom stereocenters. The van der Waals surface area contributed by atoms with Gasteiger partial charge in [-0.2, -0.15) is 0 Å². The van der Waals surface area contributed by atoms with Gasteiger partial charge >= 0.3 is 0 Å². The van der Waals surface area contributed by atoms with E-state index in [1.807, 2.05) is 38.1 Å². The summed E-state index contributed by atoms with van der Waals surface area (Å²) in [6.45, 7) is 6.31. The van der Waals surface area contributed by atoms with Crippen LogP contribution >= 0.6 is 0 Å². The first kappa shape index (κ1) is 15.3. The van der Waals surface area contributed by atoms with Crippen LogP contribution in [0.15, 0.2) is 24.3 Å². The lowest BCUT2D eigenvalue weighted by atomic mass is 10.1. The molecule has 0 aliphatic carbocycles. The van der Waals surface area contributed by atoms with Crippen molar-refractivity contribution < 1.29 is 14.6 Å². The fourth-order valence-corrected chi connectivity index (χ4v) is 2.07. The van der Waals surface area contributed by atoms with Crippen LogP contribution < -0.4 is 10.1 Å². The van der Waals surface area contributed by atoms with Gasteiger partial charge in [0.15, 0.2) is 0 Å². The van der Waals surface area contributed by atoms with Crippen molar-refractivity contribution in [3.05, 3.63) is 29.8 Å². The van der Waals surface area contributed by atoms with E-state index in [1.54, 1.807) is 0 Å². The van der Waals surface area contributed by atoms with Gasteiger partial charge in [-0.15, -0.1) is 0 Å². The minimum absolute atomic E-state index is 0.121. The third-order valence-corrected chi connectivity index (χ3v) is 3.55. The third-order valence-electron chi connectivity index (χ3n) is 3.55. The van der Waals surface area contributed by atoms with Crippen molar-refractivity contribution in [2.24, 2.45) is 0 Å². The third kappa shape index (κ3) is 4.78. The van der Waals surface area contributed by atoms with Crippen LogP contribution in [-0.2, 0) is 11.3 Å². The first-order chi connectivity index (χ1) is 9.59. The van der Waals surface area contributed by atoms with Gasteiger partial charge in [0.2, 0.25) is 0 Å². The molecule has 1 aromatic carbocycles. The number of hydrogen-bond acceptors (Lipinski definition) is 4. The van der Waals surface area contributed by atoms with Crippen LogP contribution in [-0.4, -0.2) is 36.6 Å². The van der Waals surface area contributed by atoms with E-state index in [2.05, 4.69) is 5.32 Å². The fourth-order valence-electron chi connectivity index (χ4n) is 2.07. The van der Waals surface area contributed by atoms with Gasteiger partial charge in [-0.1, -0.05) is 12.1 Å². The first-order valence-electron chi connectivity index (χ1n) is 7.28. The predicted octanol–water partition coefficient (Wildman–Crippen LogP) is 2.10. The zero-order valence-corrected chi connectivity index (χ0v) is 12.4. The van der Waals surface area contributed by atoms with E-state index in [1.165, 1.54) is 5.56 Å². The molecule has 1 unspecified atom stereocenters. The second-order valence-electron chi connectivity index (χ2n) is 5.99. The molecule has 0 radical (unpaired) electrons. The lowest BCUT2D eigenvalue weighted by Crippen LogP contribution is -2.42. The standard InChI is InChI=1S/C16H25NO3/c1-16(2,12-18)17-10-13-5-7-14(8-6-13)20-11-15-4-3-9-19-15/h5-8,15,17-18H,3-4,9-12H2,1-2H3. The Morgan fingerprint density at radius 2 is 2.10 bits per heavy atom. The maximum absolute atomic E-state index is 9.20. The molecule has 0 bridgehead atoms. The second-order valence-corrected chi connectivity index (χ2v) is 5.99. The number of benzene rings is 1. The summed E-state index contributed by atoms with van der Waals surface area (Å²) >= 11 is 0. The molecule has 2 N–H and O–H groups in total. The molecular weight excluding hydrogens is 254 g/mol. The number of hydrogen-bond donors (Lipinski definition) is 2. The van der Waals surface area contributed by atoms with Crippen LogP contribution in [0.2, 0.25) is 0 Å². The van der Waals surface area contributed by atoms with E-state index in [0.717, 1.165) is 31.7 Å². The highest BCUT2D eigenvalue weighted by atomic mass is 16.5. The number of nitrogens with one attached hydrogen (secondary N) is 1. The summed E-state index contributed by atoms with van der Waals surface area (Å²) in [6, 6.07) is 8.06. The van der Waals surface area contributed by atoms with Crippen molar-refractivity contribution in [3.63, 3.8) is 0 Å². The van der Waals surface area contributed by atoms with Gasteiger partial charge in [-0.05, 0) is 44.4 Å². The minimum atomic E-state index is -0.255. The normalized spacial score (nSPS) is 19.2. The molecule has 1 saturated heterocycles. The SMILES string of the molecule is CC(C)(CO)NCc1ccc(OCC2CCCO2)cc1. The molecule has 0 aromatic heterocycles. The van der Waals surface area contributed by atoms with Crippen LogP contribution in [0.25, 0.3) is 0 Å². The lowest BCUT2D eigenvalue weighted by molar-refractivity contribution is 0.0679. The van der Waals surface area contributed by atoms with Crippen LogP contribution in [0.4, 0.5) is 0 Å². The fraction of sp³-hybridized carbons (Fsp3) is 0.625. The molecule has 1 aliphatic heterocycles. The largest absolute Gasteiger partial charge is 0.491 e. The van der Waals surface area contributed by atoms with Crippen LogP contribution in [0, 0.1) is 0 Å². The molecule has 1 aliphatic rings. The highest BCUT2D eigenvalue weighted by Crippen LogP contribution is 2.17. The van der Waals surface area contributed by atoms with Gasteiger partial charge < -0.3 is 19.9 Å². The second kappa shape index (κ2) is 7.07. The Morgan fingerprint density at radius 1 is 1.35 bits per heavy atom. The summed E-state index contributed by atoms with van der Waals surface area (Å²) in [6.07, 6.45) is 2.49. The molecule has 0 amide bonds. The summed E-state index contributed by atoms with van der Waals surface area (Å²) in [5, 5.41) is 12.5. The van der Waals surface area contributed by atoms with Crippen molar-refractivity contribution in [1.82, 2.24) is 5.32 Å². The van der Waals surface area contributed by atoms with Crippen LogP contribution in [0.5, 0.6) is 5.75 Å². The van der Waals surface area contributed by atoms with Gasteiger partial charge in [0.1, 0.15) is 12.4 Å². The number of rotatable bonds is 7. The maximum atomic E-state index is 9.20. The Balaban J connectivity index is 1.77. The summed E-state index contributed by atoms with van der Waals surface area (Å²) in [5.74, 6) is 0.880. The average Bonchev–Trinajstić information content (AvgIpc) is 2.97. The van der Waals surface area contributed by atoms with Crippen molar-refractivity contribution in [1.29, 1.82) is 0 Å². The Hall–Kier alpha value is -1.10. The quantitative estimate of drug-likeness (QED) is 0.802. The van der Waals surface area contributed by atoms with Crippen molar-refractivity contribution >= 4 is 0 Å². The summed E-state index contributed by atoms with van der Waals surface area (Å²) in [4.78, 5) is 0. The topological polar surface area (TPSA) is 50.7 Å². The minimum Gasteiger partial charge on any atom is -0.491 e. The summed E-state index contributed by atoms with van der Waals surface area (Å²) in [7, 11) is 0. The molecule has 112 valence electrons. The van der Waals surface area contributed by atoms with Crippen molar-refractivity contribution in [2.45, 2.75) is 44.9 Å². The smallest absolute Gasteiger partial charge is 0.119 e. The monoisotopic (exact) mass is 279 g/mol. The zero-order valence-electron chi connectivity index (χ0n) is 12.4. The van der Waals surface area contributed by atoms with E-state index in [4.69, 9.17) is 9.47 Å². The predicted molar refractivity (Wildman–Crippen MR) is 78.9 cm³/mol. The molecule has 1 fully saturated rings.